The largest absolute Gasteiger partial charge is 0.338 e. The maximum Gasteiger partial charge on any atom is 0.239 e. The molecule has 1 aromatic carbocycles. The molecule has 0 aromatic heterocycles. The van der Waals surface area contributed by atoms with E-state index in [-0.39, 0.29) is 6.04 Å². The highest BCUT2D eigenvalue weighted by Crippen LogP contribution is 2.22. The van der Waals surface area contributed by atoms with E-state index in [0.29, 0.717) is 11.9 Å². The molecule has 0 saturated carbocycles. The molecule has 1 unspecified atom stereocenters. The van der Waals surface area contributed by atoms with Gasteiger partial charge in [0, 0.05) is 25.7 Å². The fourth-order valence-electron chi connectivity index (χ4n) is 4.08. The van der Waals surface area contributed by atoms with Crippen LogP contribution in [0.4, 0.5) is 0 Å². The van der Waals surface area contributed by atoms with Crippen molar-refractivity contribution in [2.45, 2.75) is 58.2 Å². The van der Waals surface area contributed by atoms with Crippen LogP contribution in [0.3, 0.4) is 0 Å². The Balaban J connectivity index is 1.68. The maximum atomic E-state index is 13.2. The minimum absolute atomic E-state index is 0.0280. The topological polar surface area (TPSA) is 35.6 Å². The molecule has 1 amide bonds. The number of rotatable bonds is 5. The van der Waals surface area contributed by atoms with E-state index in [1.54, 1.807) is 0 Å². The molecule has 1 fully saturated rings. The third kappa shape index (κ3) is 3.81. The average Bonchev–Trinajstić information content (AvgIpc) is 2.65. The Kier molecular flexibility index (Phi) is 5.90. The molecule has 1 saturated heterocycles. The van der Waals surface area contributed by atoms with E-state index in [4.69, 9.17) is 0 Å². The molecule has 132 valence electrons. The first-order chi connectivity index (χ1) is 11.7. The number of hydrogen-bond acceptors (Lipinski definition) is 3. The third-order valence-corrected chi connectivity index (χ3v) is 5.56. The van der Waals surface area contributed by atoms with Gasteiger partial charge in [-0.15, -0.1) is 0 Å². The number of nitrogens with one attached hydrogen (secondary N) is 1. The Hall–Kier alpha value is -1.39. The first kappa shape index (κ1) is 17.4. The molecule has 1 N–H and O–H groups in total. The van der Waals surface area contributed by atoms with Gasteiger partial charge in [-0.05, 0) is 56.8 Å². The molecule has 24 heavy (non-hydrogen) atoms. The van der Waals surface area contributed by atoms with Crippen LogP contribution in [-0.2, 0) is 17.8 Å². The Morgan fingerprint density at radius 1 is 1.29 bits per heavy atom. The van der Waals surface area contributed by atoms with Crippen molar-refractivity contribution in [3.8, 4) is 0 Å². The summed E-state index contributed by atoms with van der Waals surface area (Å²) in [7, 11) is 0. The minimum Gasteiger partial charge on any atom is -0.338 e. The Morgan fingerprint density at radius 2 is 2.00 bits per heavy atom. The lowest BCUT2D eigenvalue weighted by molar-refractivity contribution is -0.139. The highest BCUT2D eigenvalue weighted by molar-refractivity contribution is 5.82. The monoisotopic (exact) mass is 329 g/mol. The molecule has 3 rings (SSSR count). The zero-order chi connectivity index (χ0) is 16.9. The van der Waals surface area contributed by atoms with Gasteiger partial charge < -0.3 is 10.2 Å². The number of carbonyl (C=O) groups excluding carboxylic acids is 1. The van der Waals surface area contributed by atoms with E-state index in [9.17, 15) is 4.79 Å². The van der Waals surface area contributed by atoms with Crippen LogP contribution < -0.4 is 5.32 Å². The van der Waals surface area contributed by atoms with Crippen molar-refractivity contribution in [2.75, 3.05) is 26.2 Å². The SMILES string of the molecule is CCCN(C(=O)C(C)N1CCc2ccccc2C1)C1CCNCC1. The van der Waals surface area contributed by atoms with E-state index in [2.05, 4.69) is 53.2 Å². The van der Waals surface area contributed by atoms with Gasteiger partial charge in [0.1, 0.15) is 0 Å². The minimum atomic E-state index is -0.0280. The molecule has 2 aliphatic heterocycles. The quantitative estimate of drug-likeness (QED) is 0.901. The summed E-state index contributed by atoms with van der Waals surface area (Å²) in [4.78, 5) is 17.7. The second-order valence-electron chi connectivity index (χ2n) is 7.18. The first-order valence-corrected chi connectivity index (χ1v) is 9.52. The van der Waals surface area contributed by atoms with E-state index < -0.39 is 0 Å². The summed E-state index contributed by atoms with van der Waals surface area (Å²) < 4.78 is 0. The highest BCUT2D eigenvalue weighted by Gasteiger charge is 2.32. The van der Waals surface area contributed by atoms with Gasteiger partial charge in [0.05, 0.1) is 6.04 Å². The molecule has 2 aliphatic rings. The third-order valence-electron chi connectivity index (χ3n) is 5.56. The summed E-state index contributed by atoms with van der Waals surface area (Å²) in [6, 6.07) is 9.03. The standard InChI is InChI=1S/C20H31N3O/c1-3-13-23(19-8-11-21-12-9-19)20(24)16(2)22-14-10-17-6-4-5-7-18(17)15-22/h4-7,16,19,21H,3,8-15H2,1-2H3. The highest BCUT2D eigenvalue weighted by atomic mass is 16.2. The Bertz CT molecular complexity index is 554. The number of piperidine rings is 1. The number of benzene rings is 1. The number of fused-ring (bicyclic) bond motifs is 1. The molecule has 0 aliphatic carbocycles. The van der Waals surface area contributed by atoms with Gasteiger partial charge in [-0.3, -0.25) is 9.69 Å². The van der Waals surface area contributed by atoms with Crippen molar-refractivity contribution in [3.63, 3.8) is 0 Å². The summed E-state index contributed by atoms with van der Waals surface area (Å²) in [5.74, 6) is 0.322. The summed E-state index contributed by atoms with van der Waals surface area (Å²) in [6.45, 7) is 9.10. The van der Waals surface area contributed by atoms with Crippen molar-refractivity contribution in [1.29, 1.82) is 0 Å². The molecule has 1 atom stereocenters. The second-order valence-corrected chi connectivity index (χ2v) is 7.18. The molecule has 0 spiro atoms. The summed E-state index contributed by atoms with van der Waals surface area (Å²) >= 11 is 0. The molecular formula is C20H31N3O. The molecule has 1 aromatic rings. The van der Waals surface area contributed by atoms with Crippen LogP contribution in [0.1, 0.15) is 44.2 Å². The van der Waals surface area contributed by atoms with Crippen LogP contribution in [0.25, 0.3) is 0 Å². The van der Waals surface area contributed by atoms with E-state index in [1.807, 2.05) is 0 Å². The van der Waals surface area contributed by atoms with E-state index in [1.165, 1.54) is 11.1 Å². The van der Waals surface area contributed by atoms with Crippen molar-refractivity contribution >= 4 is 5.91 Å². The van der Waals surface area contributed by atoms with Crippen molar-refractivity contribution in [2.24, 2.45) is 0 Å². The zero-order valence-electron chi connectivity index (χ0n) is 15.1. The second kappa shape index (κ2) is 8.13. The molecular weight excluding hydrogens is 298 g/mol. The smallest absolute Gasteiger partial charge is 0.239 e. The lowest BCUT2D eigenvalue weighted by Crippen LogP contribution is -2.53. The summed E-state index contributed by atoms with van der Waals surface area (Å²) in [5, 5.41) is 3.41. The molecule has 0 bridgehead atoms. The van der Waals surface area contributed by atoms with Gasteiger partial charge in [0.2, 0.25) is 5.91 Å². The van der Waals surface area contributed by atoms with Crippen LogP contribution in [0.2, 0.25) is 0 Å². The summed E-state index contributed by atoms with van der Waals surface area (Å²) in [6.07, 6.45) is 4.25. The first-order valence-electron chi connectivity index (χ1n) is 9.52. The predicted molar refractivity (Wildman–Crippen MR) is 97.9 cm³/mol. The predicted octanol–water partition coefficient (Wildman–Crippen LogP) is 2.42. The number of hydrogen-bond donors (Lipinski definition) is 1. The van der Waals surface area contributed by atoms with Gasteiger partial charge in [-0.25, -0.2) is 0 Å². The van der Waals surface area contributed by atoms with Crippen molar-refractivity contribution in [3.05, 3.63) is 35.4 Å². The van der Waals surface area contributed by atoms with Gasteiger partial charge in [0.25, 0.3) is 0 Å². The summed E-state index contributed by atoms with van der Waals surface area (Å²) in [5.41, 5.74) is 2.82. The van der Waals surface area contributed by atoms with Crippen LogP contribution in [0.15, 0.2) is 24.3 Å². The molecule has 4 heteroatoms. The van der Waals surface area contributed by atoms with E-state index in [0.717, 1.165) is 58.4 Å². The van der Waals surface area contributed by atoms with Crippen LogP contribution in [-0.4, -0.2) is 54.0 Å². The van der Waals surface area contributed by atoms with Crippen LogP contribution in [0, 0.1) is 0 Å². The van der Waals surface area contributed by atoms with Crippen molar-refractivity contribution < 1.29 is 4.79 Å². The fraction of sp³-hybridized carbons (Fsp3) is 0.650. The van der Waals surface area contributed by atoms with Crippen LogP contribution >= 0.6 is 0 Å². The van der Waals surface area contributed by atoms with Crippen LogP contribution in [0.5, 0.6) is 0 Å². The Labute approximate surface area is 146 Å². The molecule has 2 heterocycles. The fourth-order valence-corrected chi connectivity index (χ4v) is 4.08. The molecule has 0 radical (unpaired) electrons. The van der Waals surface area contributed by atoms with E-state index >= 15 is 0 Å². The number of amides is 1. The van der Waals surface area contributed by atoms with Gasteiger partial charge >= 0.3 is 0 Å². The Morgan fingerprint density at radius 3 is 2.71 bits per heavy atom. The lowest BCUT2D eigenvalue weighted by Gasteiger charge is -2.40. The van der Waals surface area contributed by atoms with Gasteiger partial charge in [0.15, 0.2) is 0 Å². The molecule has 4 nitrogen and oxygen atoms in total. The lowest BCUT2D eigenvalue weighted by atomic mass is 9.98. The van der Waals surface area contributed by atoms with Gasteiger partial charge in [-0.2, -0.15) is 0 Å². The van der Waals surface area contributed by atoms with Crippen molar-refractivity contribution in [1.82, 2.24) is 15.1 Å². The maximum absolute atomic E-state index is 13.2. The number of nitrogens with zero attached hydrogens (tertiary/aromatic N) is 2. The normalized spacial score (nSPS) is 20.4. The van der Waals surface area contributed by atoms with Gasteiger partial charge in [-0.1, -0.05) is 31.2 Å². The number of carbonyl (C=O) groups is 1. The zero-order valence-corrected chi connectivity index (χ0v) is 15.1. The average molecular weight is 329 g/mol.